The van der Waals surface area contributed by atoms with E-state index in [4.69, 9.17) is 4.74 Å². The molecule has 0 atom stereocenters. The number of pyridine rings is 1. The van der Waals surface area contributed by atoms with E-state index in [2.05, 4.69) is 43.1 Å². The van der Waals surface area contributed by atoms with Gasteiger partial charge >= 0.3 is 0 Å². The Morgan fingerprint density at radius 1 is 0.800 bits per heavy atom. The first-order chi connectivity index (χ1) is 12.3. The minimum Gasteiger partial charge on any atom is -0.491 e. The van der Waals surface area contributed by atoms with Crippen LogP contribution in [0.15, 0.2) is 42.6 Å². The summed E-state index contributed by atoms with van der Waals surface area (Å²) in [7, 11) is 0. The van der Waals surface area contributed by atoms with Gasteiger partial charge in [0, 0.05) is 11.8 Å². The van der Waals surface area contributed by atoms with Crippen molar-refractivity contribution in [2.24, 2.45) is 0 Å². The standard InChI is InChI=1S/C23H33NO/c1-3-5-7-9-12-20-14-16-21(17-15-20)23-22(13-11-18-24-23)25-19-10-8-6-4-2/h11,13-18H,3-10,12,19H2,1-2H3. The first-order valence-electron chi connectivity index (χ1n) is 10.0. The number of rotatable bonds is 12. The van der Waals surface area contributed by atoms with Crippen molar-refractivity contribution in [3.8, 4) is 17.0 Å². The first-order valence-corrected chi connectivity index (χ1v) is 10.0. The molecule has 1 aromatic heterocycles. The minimum absolute atomic E-state index is 0.772. The topological polar surface area (TPSA) is 22.1 Å². The maximum absolute atomic E-state index is 6.00. The second-order valence-corrected chi connectivity index (χ2v) is 6.77. The zero-order valence-corrected chi connectivity index (χ0v) is 16.0. The maximum atomic E-state index is 6.00. The second kappa shape index (κ2) is 11.7. The summed E-state index contributed by atoms with van der Waals surface area (Å²) in [5.74, 6) is 0.898. The summed E-state index contributed by atoms with van der Waals surface area (Å²) >= 11 is 0. The predicted octanol–water partition coefficient (Wildman–Crippen LogP) is 6.83. The van der Waals surface area contributed by atoms with Crippen LogP contribution >= 0.6 is 0 Å². The molecule has 1 aromatic carbocycles. The molecule has 0 fully saturated rings. The fraction of sp³-hybridized carbons (Fsp3) is 0.522. The molecule has 1 heterocycles. The third-order valence-electron chi connectivity index (χ3n) is 4.57. The van der Waals surface area contributed by atoms with Crippen molar-refractivity contribution >= 4 is 0 Å². The van der Waals surface area contributed by atoms with E-state index in [-0.39, 0.29) is 0 Å². The molecule has 0 spiro atoms. The lowest BCUT2D eigenvalue weighted by atomic mass is 10.0. The number of aryl methyl sites for hydroxylation is 1. The van der Waals surface area contributed by atoms with E-state index in [9.17, 15) is 0 Å². The molecule has 0 aliphatic heterocycles. The summed E-state index contributed by atoms with van der Waals surface area (Å²) in [5.41, 5.74) is 3.51. The summed E-state index contributed by atoms with van der Waals surface area (Å²) in [6, 6.07) is 12.8. The molecule has 2 rings (SSSR count). The van der Waals surface area contributed by atoms with Gasteiger partial charge in [0.25, 0.3) is 0 Å². The van der Waals surface area contributed by atoms with Crippen LogP contribution in [0.3, 0.4) is 0 Å². The molecule has 25 heavy (non-hydrogen) atoms. The Balaban J connectivity index is 1.93. The quantitative estimate of drug-likeness (QED) is 0.395. The van der Waals surface area contributed by atoms with Crippen molar-refractivity contribution in [3.05, 3.63) is 48.2 Å². The van der Waals surface area contributed by atoms with Gasteiger partial charge < -0.3 is 4.74 Å². The van der Waals surface area contributed by atoms with Crippen molar-refractivity contribution in [1.82, 2.24) is 4.98 Å². The molecule has 0 radical (unpaired) electrons. The van der Waals surface area contributed by atoms with E-state index in [1.165, 1.54) is 56.9 Å². The number of ether oxygens (including phenoxy) is 1. The van der Waals surface area contributed by atoms with Crippen LogP contribution in [0.1, 0.15) is 70.8 Å². The molecule has 136 valence electrons. The van der Waals surface area contributed by atoms with Crippen molar-refractivity contribution in [3.63, 3.8) is 0 Å². The van der Waals surface area contributed by atoms with E-state index >= 15 is 0 Å². The van der Waals surface area contributed by atoms with Gasteiger partial charge in [-0.05, 0) is 37.0 Å². The highest BCUT2D eigenvalue weighted by atomic mass is 16.5. The minimum atomic E-state index is 0.772. The van der Waals surface area contributed by atoms with Crippen LogP contribution in [-0.4, -0.2) is 11.6 Å². The molecule has 0 bridgehead atoms. The summed E-state index contributed by atoms with van der Waals surface area (Å²) in [6.45, 7) is 5.26. The van der Waals surface area contributed by atoms with Gasteiger partial charge in [-0.1, -0.05) is 76.6 Å². The van der Waals surface area contributed by atoms with Gasteiger partial charge in [0.05, 0.1) is 6.61 Å². The van der Waals surface area contributed by atoms with Crippen LogP contribution in [0.4, 0.5) is 0 Å². The molecule has 0 aliphatic rings. The number of benzene rings is 1. The summed E-state index contributed by atoms with van der Waals surface area (Å²) in [5, 5.41) is 0. The monoisotopic (exact) mass is 339 g/mol. The fourth-order valence-electron chi connectivity index (χ4n) is 3.02. The van der Waals surface area contributed by atoms with Crippen molar-refractivity contribution in [1.29, 1.82) is 0 Å². The van der Waals surface area contributed by atoms with Crippen LogP contribution in [0.2, 0.25) is 0 Å². The molecule has 0 N–H and O–H groups in total. The molecular formula is C23H33NO. The van der Waals surface area contributed by atoms with E-state index in [0.717, 1.165) is 30.0 Å². The molecular weight excluding hydrogens is 306 g/mol. The molecule has 2 heteroatoms. The van der Waals surface area contributed by atoms with Crippen LogP contribution in [0.5, 0.6) is 5.75 Å². The van der Waals surface area contributed by atoms with Crippen LogP contribution in [0, 0.1) is 0 Å². The van der Waals surface area contributed by atoms with E-state index in [1.54, 1.807) is 0 Å². The molecule has 0 unspecified atom stereocenters. The lowest BCUT2D eigenvalue weighted by Gasteiger charge is -2.11. The number of unbranched alkanes of at least 4 members (excludes halogenated alkanes) is 6. The van der Waals surface area contributed by atoms with Crippen LogP contribution in [-0.2, 0) is 6.42 Å². The Kier molecular flexibility index (Phi) is 9.11. The van der Waals surface area contributed by atoms with E-state index in [0.29, 0.717) is 0 Å². The average molecular weight is 340 g/mol. The van der Waals surface area contributed by atoms with Gasteiger partial charge in [-0.3, -0.25) is 4.98 Å². The SMILES string of the molecule is CCCCCCOc1cccnc1-c1ccc(CCCCCC)cc1. The molecule has 2 nitrogen and oxygen atoms in total. The van der Waals surface area contributed by atoms with Gasteiger partial charge in [-0.15, -0.1) is 0 Å². The Labute approximate surface area is 153 Å². The highest BCUT2D eigenvalue weighted by Gasteiger charge is 2.07. The number of hydrogen-bond donors (Lipinski definition) is 0. The Morgan fingerprint density at radius 2 is 1.52 bits per heavy atom. The summed E-state index contributed by atoms with van der Waals surface area (Å²) in [4.78, 5) is 4.56. The van der Waals surface area contributed by atoms with E-state index in [1.807, 2.05) is 18.3 Å². The fourth-order valence-corrected chi connectivity index (χ4v) is 3.02. The van der Waals surface area contributed by atoms with Crippen molar-refractivity contribution < 1.29 is 4.74 Å². The Morgan fingerprint density at radius 3 is 2.24 bits per heavy atom. The predicted molar refractivity (Wildman–Crippen MR) is 107 cm³/mol. The number of aromatic nitrogens is 1. The zero-order chi connectivity index (χ0) is 17.7. The van der Waals surface area contributed by atoms with Crippen LogP contribution < -0.4 is 4.74 Å². The molecule has 2 aromatic rings. The molecule has 0 amide bonds. The molecule has 0 aliphatic carbocycles. The van der Waals surface area contributed by atoms with Crippen molar-refractivity contribution in [2.45, 2.75) is 71.6 Å². The Bertz CT molecular complexity index is 591. The highest BCUT2D eigenvalue weighted by molar-refractivity contribution is 5.66. The van der Waals surface area contributed by atoms with Gasteiger partial charge in [0.1, 0.15) is 11.4 Å². The number of nitrogens with zero attached hydrogens (tertiary/aromatic N) is 1. The second-order valence-electron chi connectivity index (χ2n) is 6.77. The van der Waals surface area contributed by atoms with Gasteiger partial charge in [0.2, 0.25) is 0 Å². The third-order valence-corrected chi connectivity index (χ3v) is 4.57. The molecule has 0 saturated heterocycles. The van der Waals surface area contributed by atoms with E-state index < -0.39 is 0 Å². The van der Waals surface area contributed by atoms with Gasteiger partial charge in [0.15, 0.2) is 0 Å². The highest BCUT2D eigenvalue weighted by Crippen LogP contribution is 2.28. The lowest BCUT2D eigenvalue weighted by molar-refractivity contribution is 0.305. The lowest BCUT2D eigenvalue weighted by Crippen LogP contribution is -2.00. The normalized spacial score (nSPS) is 10.8. The Hall–Kier alpha value is -1.83. The first kappa shape index (κ1) is 19.5. The zero-order valence-electron chi connectivity index (χ0n) is 16.0. The number of hydrogen-bond acceptors (Lipinski definition) is 2. The maximum Gasteiger partial charge on any atom is 0.145 e. The summed E-state index contributed by atoms with van der Waals surface area (Å²) in [6.07, 6.45) is 13.1. The smallest absolute Gasteiger partial charge is 0.145 e. The average Bonchev–Trinajstić information content (AvgIpc) is 2.66. The van der Waals surface area contributed by atoms with Gasteiger partial charge in [-0.25, -0.2) is 0 Å². The molecule has 0 saturated carbocycles. The van der Waals surface area contributed by atoms with Crippen LogP contribution in [0.25, 0.3) is 11.3 Å². The van der Waals surface area contributed by atoms with Crippen molar-refractivity contribution in [2.75, 3.05) is 6.61 Å². The third kappa shape index (κ3) is 6.89. The largest absolute Gasteiger partial charge is 0.491 e. The summed E-state index contributed by atoms with van der Waals surface area (Å²) < 4.78 is 6.00. The van der Waals surface area contributed by atoms with Gasteiger partial charge in [-0.2, -0.15) is 0 Å².